The minimum Gasteiger partial charge on any atom is -0.870 e. The summed E-state index contributed by atoms with van der Waals surface area (Å²) in [5, 5.41) is 25.5. The minimum atomic E-state index is -4.67. The van der Waals surface area contributed by atoms with Crippen molar-refractivity contribution in [2.24, 2.45) is 10.2 Å². The number of nitrogens with zero attached hydrogens (tertiary/aromatic N) is 2. The Bertz CT molecular complexity index is 1700. The third-order valence-corrected chi connectivity index (χ3v) is 7.02. The molecular weight excluding hydrogens is 564 g/mol. The van der Waals surface area contributed by atoms with Gasteiger partial charge in [-0.15, -0.1) is 5.11 Å². The van der Waals surface area contributed by atoms with Crippen molar-refractivity contribution in [3.8, 4) is 11.5 Å². The molecule has 0 radical (unpaired) electrons. The smallest absolute Gasteiger partial charge is 0.870 e. The number of carbonyl (C=O) groups excluding carboxylic acids is 1. The minimum absolute atomic E-state index is 0. The Morgan fingerprint density at radius 1 is 1.03 bits per heavy atom. The second kappa shape index (κ2) is 12.0. The van der Waals surface area contributed by atoms with Gasteiger partial charge in [0.25, 0.3) is 16.0 Å². The molecular formula is C25H18Cl2N3NaO6S. The van der Waals surface area contributed by atoms with E-state index in [0.717, 1.165) is 6.07 Å². The van der Waals surface area contributed by atoms with Gasteiger partial charge in [-0.05, 0) is 54.3 Å². The number of fused-ring (bicyclic) bond motifs is 1. The number of hydrogen-bond acceptors (Lipinski definition) is 7. The summed E-state index contributed by atoms with van der Waals surface area (Å²) in [5.74, 6) is -1.17. The summed E-state index contributed by atoms with van der Waals surface area (Å²) in [6.07, 6.45) is 0. The van der Waals surface area contributed by atoms with Crippen molar-refractivity contribution in [2.45, 2.75) is 11.8 Å². The van der Waals surface area contributed by atoms with Gasteiger partial charge in [0, 0.05) is 21.0 Å². The van der Waals surface area contributed by atoms with Gasteiger partial charge in [-0.1, -0.05) is 53.2 Å². The SMILES string of the molecule is COc1ccc(Cl)cc1NC(=O)c1cc2ccccc2c(N=Nc2c(S(=O)(=O)O)ccc(Cl)c2C)c1[O-].[Na+]. The molecule has 0 atom stereocenters. The second-order valence-corrected chi connectivity index (χ2v) is 10.0. The molecule has 0 bridgehead atoms. The molecule has 9 nitrogen and oxygen atoms in total. The van der Waals surface area contributed by atoms with E-state index in [4.69, 9.17) is 27.9 Å². The van der Waals surface area contributed by atoms with E-state index < -0.39 is 26.7 Å². The van der Waals surface area contributed by atoms with Gasteiger partial charge in [-0.3, -0.25) is 9.35 Å². The number of hydrogen-bond donors (Lipinski definition) is 2. The van der Waals surface area contributed by atoms with E-state index in [0.29, 0.717) is 21.5 Å². The summed E-state index contributed by atoms with van der Waals surface area (Å²) < 4.78 is 38.6. The molecule has 0 spiro atoms. The molecule has 0 fully saturated rings. The monoisotopic (exact) mass is 581 g/mol. The van der Waals surface area contributed by atoms with Crippen LogP contribution in [0.4, 0.5) is 17.1 Å². The summed E-state index contributed by atoms with van der Waals surface area (Å²) >= 11 is 12.2. The molecule has 2 N–H and O–H groups in total. The van der Waals surface area contributed by atoms with E-state index in [-0.39, 0.29) is 62.8 Å². The number of ether oxygens (including phenoxy) is 1. The van der Waals surface area contributed by atoms with Gasteiger partial charge in [-0.2, -0.15) is 13.5 Å². The predicted molar refractivity (Wildman–Crippen MR) is 140 cm³/mol. The third kappa shape index (κ3) is 6.13. The zero-order valence-electron chi connectivity index (χ0n) is 20.3. The van der Waals surface area contributed by atoms with E-state index in [1.165, 1.54) is 32.2 Å². The molecule has 0 unspecified atom stereocenters. The number of anilines is 1. The van der Waals surface area contributed by atoms with Gasteiger partial charge in [-0.25, -0.2) is 0 Å². The summed E-state index contributed by atoms with van der Waals surface area (Å²) in [5.41, 5.74) is -0.214. The maximum atomic E-state index is 13.4. The van der Waals surface area contributed by atoms with Crippen LogP contribution in [-0.2, 0) is 10.1 Å². The Balaban J connectivity index is 0.00000400. The molecule has 0 aliphatic heterocycles. The van der Waals surface area contributed by atoms with Crippen molar-refractivity contribution in [3.05, 3.63) is 81.8 Å². The largest absolute Gasteiger partial charge is 1.00 e. The van der Waals surface area contributed by atoms with Crippen LogP contribution < -0.4 is 44.7 Å². The molecule has 0 aromatic heterocycles. The topological polar surface area (TPSA) is 140 Å². The van der Waals surface area contributed by atoms with Gasteiger partial charge in [0.1, 0.15) is 16.3 Å². The molecule has 0 saturated carbocycles. The number of amides is 1. The van der Waals surface area contributed by atoms with Crippen LogP contribution in [0.25, 0.3) is 10.8 Å². The Hall–Kier alpha value is -2.70. The van der Waals surface area contributed by atoms with Crippen LogP contribution in [0.15, 0.2) is 75.8 Å². The van der Waals surface area contributed by atoms with Crippen LogP contribution in [0.2, 0.25) is 10.0 Å². The van der Waals surface area contributed by atoms with Crippen LogP contribution in [0.1, 0.15) is 15.9 Å². The van der Waals surface area contributed by atoms with Gasteiger partial charge in [0.05, 0.1) is 18.5 Å². The number of azo groups is 1. The van der Waals surface area contributed by atoms with E-state index in [1.807, 2.05) is 0 Å². The Labute approximate surface area is 250 Å². The zero-order chi connectivity index (χ0) is 26.9. The van der Waals surface area contributed by atoms with Gasteiger partial charge in [0.2, 0.25) is 0 Å². The number of methoxy groups -OCH3 is 1. The Morgan fingerprint density at radius 2 is 1.71 bits per heavy atom. The normalized spacial score (nSPS) is 11.4. The fourth-order valence-corrected chi connectivity index (χ4v) is 4.63. The van der Waals surface area contributed by atoms with Crippen LogP contribution in [0, 0.1) is 6.92 Å². The average molecular weight is 582 g/mol. The molecule has 0 saturated heterocycles. The van der Waals surface area contributed by atoms with Crippen molar-refractivity contribution in [2.75, 3.05) is 12.4 Å². The second-order valence-electron chi connectivity index (χ2n) is 7.82. The van der Waals surface area contributed by atoms with Crippen molar-refractivity contribution < 1.29 is 57.2 Å². The first-order valence-corrected chi connectivity index (χ1v) is 12.8. The molecule has 13 heteroatoms. The summed E-state index contributed by atoms with van der Waals surface area (Å²) in [4.78, 5) is 12.6. The molecule has 4 aromatic carbocycles. The van der Waals surface area contributed by atoms with Crippen LogP contribution in [0.3, 0.4) is 0 Å². The number of rotatable bonds is 6. The Kier molecular flexibility index (Phi) is 9.43. The molecule has 4 aromatic rings. The number of carbonyl (C=O) groups is 1. The average Bonchev–Trinajstić information content (AvgIpc) is 2.84. The Morgan fingerprint density at radius 3 is 2.39 bits per heavy atom. The van der Waals surface area contributed by atoms with Crippen molar-refractivity contribution in [3.63, 3.8) is 0 Å². The summed E-state index contributed by atoms with van der Waals surface area (Å²) in [6.45, 7) is 1.49. The van der Waals surface area contributed by atoms with Crippen molar-refractivity contribution in [1.29, 1.82) is 0 Å². The molecule has 1 amide bonds. The van der Waals surface area contributed by atoms with Gasteiger partial charge >= 0.3 is 29.6 Å². The van der Waals surface area contributed by atoms with E-state index in [1.54, 1.807) is 36.4 Å². The first-order valence-electron chi connectivity index (χ1n) is 10.6. The van der Waals surface area contributed by atoms with Crippen LogP contribution in [0.5, 0.6) is 11.5 Å². The predicted octanol–water partition coefficient (Wildman–Crippen LogP) is 3.46. The van der Waals surface area contributed by atoms with Crippen LogP contribution in [-0.4, -0.2) is 26.0 Å². The molecule has 4 rings (SSSR count). The number of nitrogens with one attached hydrogen (secondary N) is 1. The first-order chi connectivity index (χ1) is 17.5. The molecule has 0 heterocycles. The quantitative estimate of drug-likeness (QED) is 0.203. The maximum Gasteiger partial charge on any atom is 1.00 e. The maximum absolute atomic E-state index is 13.4. The zero-order valence-corrected chi connectivity index (χ0v) is 24.6. The van der Waals surface area contributed by atoms with Gasteiger partial charge in [0.15, 0.2) is 0 Å². The molecule has 0 aliphatic carbocycles. The fraction of sp³-hybridized carbons (Fsp3) is 0.0800. The standard InChI is InChI=1S/C25H19Cl2N3O6S.Na/c1-13-18(27)8-10-21(37(33,34)35)22(13)29-30-23-16-6-4-3-5-14(16)11-17(24(23)31)25(32)28-19-12-15(26)7-9-20(19)36-2;/h3-12,31H,1-2H3,(H,28,32)(H,33,34,35);/q;+1/p-1. The van der Waals surface area contributed by atoms with E-state index >= 15 is 0 Å². The first kappa shape index (κ1) is 29.9. The van der Waals surface area contributed by atoms with Crippen molar-refractivity contribution >= 4 is 67.1 Å². The van der Waals surface area contributed by atoms with Crippen molar-refractivity contribution in [1.82, 2.24) is 0 Å². The third-order valence-electron chi connectivity index (χ3n) is 5.49. The van der Waals surface area contributed by atoms with E-state index in [9.17, 15) is 22.9 Å². The van der Waals surface area contributed by atoms with Crippen LogP contribution >= 0.6 is 23.2 Å². The number of halogens is 2. The molecule has 190 valence electrons. The van der Waals surface area contributed by atoms with Gasteiger partial charge < -0.3 is 15.2 Å². The molecule has 38 heavy (non-hydrogen) atoms. The number of benzene rings is 4. The summed E-state index contributed by atoms with van der Waals surface area (Å²) in [6, 6.07) is 15.1. The van der Waals surface area contributed by atoms with E-state index in [2.05, 4.69) is 15.5 Å². The molecule has 0 aliphatic rings. The summed E-state index contributed by atoms with van der Waals surface area (Å²) in [7, 11) is -3.25. The fourth-order valence-electron chi connectivity index (χ4n) is 3.63.